The van der Waals surface area contributed by atoms with Crippen LogP contribution in [0, 0.1) is 6.92 Å². The Morgan fingerprint density at radius 1 is 1.24 bits per heavy atom. The predicted molar refractivity (Wildman–Crippen MR) is 129 cm³/mol. The smallest absolute Gasteiger partial charge is 0.255 e. The number of carbonyl (C=O) groups excluding carboxylic acids is 1. The average molecular weight is 513 g/mol. The van der Waals surface area contributed by atoms with Crippen molar-refractivity contribution in [3.8, 4) is 11.5 Å². The van der Waals surface area contributed by atoms with Crippen LogP contribution in [-0.4, -0.2) is 39.3 Å². The van der Waals surface area contributed by atoms with Gasteiger partial charge in [0.05, 0.1) is 23.3 Å². The third kappa shape index (κ3) is 4.56. The minimum atomic E-state index is -0.584. The van der Waals surface area contributed by atoms with Crippen LogP contribution in [0.5, 0.6) is 11.5 Å². The van der Waals surface area contributed by atoms with Crippen molar-refractivity contribution in [2.75, 3.05) is 17.7 Å². The molecule has 0 saturated carbocycles. The standard InChI is InChI=1S/C23H25BrN6O3/c1-12(2)33-21-17(24)10-15(11-18(21)32-5)20-19(14(4)25-23-27-28-29-30(20)23)22(31)26-16-8-6-7-13(3)9-16/h6-12,20H,1-5H3,(H,26,31)(H,25,27,29). The second kappa shape index (κ2) is 9.22. The number of nitrogens with one attached hydrogen (secondary N) is 2. The summed E-state index contributed by atoms with van der Waals surface area (Å²) in [7, 11) is 1.58. The lowest BCUT2D eigenvalue weighted by Gasteiger charge is -2.28. The minimum Gasteiger partial charge on any atom is -0.493 e. The van der Waals surface area contributed by atoms with Crippen LogP contribution in [0.25, 0.3) is 0 Å². The number of allylic oxidation sites excluding steroid dienone is 1. The van der Waals surface area contributed by atoms with Gasteiger partial charge < -0.3 is 20.1 Å². The van der Waals surface area contributed by atoms with Crippen LogP contribution < -0.4 is 20.1 Å². The van der Waals surface area contributed by atoms with E-state index in [2.05, 4.69) is 42.1 Å². The van der Waals surface area contributed by atoms with Gasteiger partial charge in [0, 0.05) is 11.4 Å². The number of hydrogen-bond acceptors (Lipinski definition) is 7. The Kier molecular flexibility index (Phi) is 6.37. The topological polar surface area (TPSA) is 103 Å². The van der Waals surface area contributed by atoms with E-state index in [0.717, 1.165) is 11.1 Å². The van der Waals surface area contributed by atoms with Crippen molar-refractivity contribution in [1.82, 2.24) is 20.2 Å². The maximum Gasteiger partial charge on any atom is 0.255 e. The number of carbonyl (C=O) groups is 1. The third-order valence-electron chi connectivity index (χ3n) is 5.16. The minimum absolute atomic E-state index is 0.0381. The SMILES string of the molecule is COc1cc(C2C(C(=O)Nc3cccc(C)c3)=C(C)Nc3nnnn32)cc(Br)c1OC(C)C. The Bertz CT molecular complexity index is 1240. The molecule has 4 rings (SSSR count). The van der Waals surface area contributed by atoms with Gasteiger partial charge in [0.25, 0.3) is 5.91 Å². The van der Waals surface area contributed by atoms with E-state index in [4.69, 9.17) is 9.47 Å². The number of halogens is 1. The van der Waals surface area contributed by atoms with Crippen LogP contribution in [0.15, 0.2) is 52.1 Å². The maximum atomic E-state index is 13.5. The van der Waals surface area contributed by atoms with Crippen LogP contribution in [0.4, 0.5) is 11.6 Å². The summed E-state index contributed by atoms with van der Waals surface area (Å²) in [6.07, 6.45) is -0.0381. The Balaban J connectivity index is 1.80. The molecule has 10 heteroatoms. The van der Waals surface area contributed by atoms with Gasteiger partial charge in [-0.3, -0.25) is 4.79 Å². The summed E-state index contributed by atoms with van der Waals surface area (Å²) in [4.78, 5) is 13.5. The van der Waals surface area contributed by atoms with Gasteiger partial charge in [0.1, 0.15) is 6.04 Å². The van der Waals surface area contributed by atoms with Crippen LogP contribution in [0.3, 0.4) is 0 Å². The highest BCUT2D eigenvalue weighted by Crippen LogP contribution is 2.43. The summed E-state index contributed by atoms with van der Waals surface area (Å²) in [5.74, 6) is 1.32. The van der Waals surface area contributed by atoms with Crippen LogP contribution in [0.1, 0.15) is 37.9 Å². The molecule has 0 aliphatic carbocycles. The van der Waals surface area contributed by atoms with E-state index in [-0.39, 0.29) is 12.0 Å². The molecule has 1 unspecified atom stereocenters. The van der Waals surface area contributed by atoms with Crippen molar-refractivity contribution in [3.05, 3.63) is 63.3 Å². The summed E-state index contributed by atoms with van der Waals surface area (Å²) in [5.41, 5.74) is 3.67. The first kappa shape index (κ1) is 22.8. The number of nitrogens with zero attached hydrogens (tertiary/aromatic N) is 4. The summed E-state index contributed by atoms with van der Waals surface area (Å²) in [5, 5.41) is 18.1. The Morgan fingerprint density at radius 2 is 2.03 bits per heavy atom. The van der Waals surface area contributed by atoms with Crippen molar-refractivity contribution in [1.29, 1.82) is 0 Å². The fourth-order valence-electron chi connectivity index (χ4n) is 3.78. The molecular formula is C23H25BrN6O3. The molecule has 0 spiro atoms. The normalized spacial score (nSPS) is 15.2. The molecule has 1 aliphatic rings. The van der Waals surface area contributed by atoms with Crippen molar-refractivity contribution in [3.63, 3.8) is 0 Å². The zero-order valence-corrected chi connectivity index (χ0v) is 20.6. The second-order valence-corrected chi connectivity index (χ2v) is 8.89. The summed E-state index contributed by atoms with van der Waals surface area (Å²) in [6, 6.07) is 10.8. The molecule has 3 aromatic rings. The van der Waals surface area contributed by atoms with Crippen molar-refractivity contribution >= 4 is 33.5 Å². The molecule has 0 bridgehead atoms. The molecule has 2 heterocycles. The van der Waals surface area contributed by atoms with Crippen molar-refractivity contribution in [2.24, 2.45) is 0 Å². The molecule has 1 amide bonds. The number of amides is 1. The van der Waals surface area contributed by atoms with E-state index in [1.165, 1.54) is 0 Å². The van der Waals surface area contributed by atoms with E-state index in [1.807, 2.05) is 64.1 Å². The molecule has 33 heavy (non-hydrogen) atoms. The maximum absolute atomic E-state index is 13.5. The molecular weight excluding hydrogens is 488 g/mol. The van der Waals surface area contributed by atoms with Gasteiger partial charge in [0.2, 0.25) is 5.95 Å². The zero-order valence-electron chi connectivity index (χ0n) is 19.0. The van der Waals surface area contributed by atoms with Gasteiger partial charge in [0.15, 0.2) is 11.5 Å². The van der Waals surface area contributed by atoms with E-state index in [0.29, 0.717) is 38.9 Å². The number of ether oxygens (including phenoxy) is 2. The van der Waals surface area contributed by atoms with Gasteiger partial charge in [-0.15, -0.1) is 0 Å². The average Bonchev–Trinajstić information content (AvgIpc) is 3.21. The monoisotopic (exact) mass is 512 g/mol. The predicted octanol–water partition coefficient (Wildman–Crippen LogP) is 4.47. The van der Waals surface area contributed by atoms with Crippen LogP contribution in [0.2, 0.25) is 0 Å². The zero-order chi connectivity index (χ0) is 23.7. The van der Waals surface area contributed by atoms with E-state index < -0.39 is 6.04 Å². The highest BCUT2D eigenvalue weighted by Gasteiger charge is 2.35. The fourth-order valence-corrected chi connectivity index (χ4v) is 4.34. The Morgan fingerprint density at radius 3 is 2.73 bits per heavy atom. The molecule has 172 valence electrons. The molecule has 0 radical (unpaired) electrons. The number of hydrogen-bond donors (Lipinski definition) is 2. The highest BCUT2D eigenvalue weighted by molar-refractivity contribution is 9.10. The quantitative estimate of drug-likeness (QED) is 0.502. The van der Waals surface area contributed by atoms with E-state index in [9.17, 15) is 4.79 Å². The number of rotatable bonds is 6. The highest BCUT2D eigenvalue weighted by atomic mass is 79.9. The largest absolute Gasteiger partial charge is 0.493 e. The number of benzene rings is 2. The van der Waals surface area contributed by atoms with E-state index in [1.54, 1.807) is 11.8 Å². The Hall–Kier alpha value is -3.40. The molecule has 1 atom stereocenters. The number of anilines is 2. The first-order valence-corrected chi connectivity index (χ1v) is 11.3. The van der Waals surface area contributed by atoms with Crippen molar-refractivity contribution in [2.45, 2.75) is 39.8 Å². The third-order valence-corrected chi connectivity index (χ3v) is 5.74. The van der Waals surface area contributed by atoms with Crippen molar-refractivity contribution < 1.29 is 14.3 Å². The molecule has 2 aromatic carbocycles. The number of aromatic nitrogens is 4. The number of tetrazole rings is 1. The molecule has 0 saturated heterocycles. The fraction of sp³-hybridized carbons (Fsp3) is 0.304. The van der Waals surface area contributed by atoms with Crippen LogP contribution >= 0.6 is 15.9 Å². The number of methoxy groups -OCH3 is 1. The molecule has 1 aromatic heterocycles. The number of aryl methyl sites for hydroxylation is 1. The van der Waals surface area contributed by atoms with Gasteiger partial charge in [-0.05, 0) is 89.4 Å². The van der Waals surface area contributed by atoms with Gasteiger partial charge in [-0.25, -0.2) is 0 Å². The lowest BCUT2D eigenvalue weighted by Crippen LogP contribution is -2.31. The summed E-state index contributed by atoms with van der Waals surface area (Å²) >= 11 is 3.60. The van der Waals surface area contributed by atoms with E-state index >= 15 is 0 Å². The molecule has 0 fully saturated rings. The molecule has 2 N–H and O–H groups in total. The summed E-state index contributed by atoms with van der Waals surface area (Å²) < 4.78 is 13.8. The van der Waals surface area contributed by atoms with Gasteiger partial charge >= 0.3 is 0 Å². The van der Waals surface area contributed by atoms with Gasteiger partial charge in [-0.2, -0.15) is 4.68 Å². The second-order valence-electron chi connectivity index (χ2n) is 8.04. The molecule has 1 aliphatic heterocycles. The first-order valence-electron chi connectivity index (χ1n) is 10.5. The van der Waals surface area contributed by atoms with Gasteiger partial charge in [-0.1, -0.05) is 17.2 Å². The lowest BCUT2D eigenvalue weighted by atomic mass is 9.94. The van der Waals surface area contributed by atoms with Crippen LogP contribution in [-0.2, 0) is 4.79 Å². The summed E-state index contributed by atoms with van der Waals surface area (Å²) in [6.45, 7) is 7.70. The lowest BCUT2D eigenvalue weighted by molar-refractivity contribution is -0.113. The number of fused-ring (bicyclic) bond motifs is 1. The Labute approximate surface area is 200 Å². The molecule has 9 nitrogen and oxygen atoms in total. The first-order chi connectivity index (χ1) is 15.8.